The van der Waals surface area contributed by atoms with E-state index in [-0.39, 0.29) is 48.0 Å². The zero-order valence-electron chi connectivity index (χ0n) is 27.5. The van der Waals surface area contributed by atoms with Crippen molar-refractivity contribution in [1.29, 1.82) is 0 Å². The van der Waals surface area contributed by atoms with E-state index in [1.807, 2.05) is 28.0 Å². The normalized spacial score (nSPS) is 23.0. The van der Waals surface area contributed by atoms with Crippen molar-refractivity contribution in [1.82, 2.24) is 29.2 Å². The molecule has 6 rings (SSSR count). The number of pyridine rings is 1. The van der Waals surface area contributed by atoms with E-state index >= 15 is 4.39 Å². The third kappa shape index (κ3) is 6.56. The number of anilines is 1. The first-order chi connectivity index (χ1) is 21.9. The summed E-state index contributed by atoms with van der Waals surface area (Å²) in [5, 5.41) is -0.911. The van der Waals surface area contributed by atoms with E-state index in [1.165, 1.54) is 17.8 Å². The van der Waals surface area contributed by atoms with Gasteiger partial charge >= 0.3 is 5.69 Å². The number of piperidine rings is 1. The van der Waals surface area contributed by atoms with E-state index in [4.69, 9.17) is 0 Å². The molecule has 3 saturated heterocycles. The number of aromatic amines is 1. The van der Waals surface area contributed by atoms with Gasteiger partial charge in [0.2, 0.25) is 11.8 Å². The minimum atomic E-state index is -0.540. The predicted octanol–water partition coefficient (Wildman–Crippen LogP) is 4.88. The summed E-state index contributed by atoms with van der Waals surface area (Å²) in [5.74, 6) is -0.377. The largest absolute Gasteiger partial charge is 0.367 e. The Hall–Kier alpha value is -3.38. The molecule has 46 heavy (non-hydrogen) atoms. The number of likely N-dealkylation sites (tertiary alicyclic amines) is 1. The van der Waals surface area contributed by atoms with Gasteiger partial charge in [0, 0.05) is 64.4 Å². The number of benzene rings is 1. The van der Waals surface area contributed by atoms with Gasteiger partial charge in [-0.3, -0.25) is 19.1 Å². The minimum Gasteiger partial charge on any atom is -0.367 e. The summed E-state index contributed by atoms with van der Waals surface area (Å²) >= 11 is 1.48. The second-order valence-electron chi connectivity index (χ2n) is 14.3. The number of para-hydroxylation sites is 1. The van der Waals surface area contributed by atoms with E-state index < -0.39 is 5.25 Å². The first-order valence-electron chi connectivity index (χ1n) is 16.4. The molecule has 250 valence electrons. The lowest BCUT2D eigenvalue weighted by Crippen LogP contribution is -2.42. The van der Waals surface area contributed by atoms with Crippen LogP contribution >= 0.6 is 11.8 Å². The zero-order chi connectivity index (χ0) is 32.7. The number of fused-ring (bicyclic) bond motifs is 1. The third-order valence-corrected chi connectivity index (χ3v) is 11.2. The fourth-order valence-electron chi connectivity index (χ4n) is 7.06. The lowest BCUT2D eigenvalue weighted by Gasteiger charge is -2.33. The molecule has 2 aromatic heterocycles. The Morgan fingerprint density at radius 1 is 1.11 bits per heavy atom. The Labute approximate surface area is 275 Å². The first-order valence-corrected chi connectivity index (χ1v) is 17.3. The summed E-state index contributed by atoms with van der Waals surface area (Å²) < 4.78 is 17.4. The van der Waals surface area contributed by atoms with Crippen LogP contribution in [0.1, 0.15) is 71.3 Å². The predicted molar refractivity (Wildman–Crippen MR) is 183 cm³/mol. The number of halogens is 1. The van der Waals surface area contributed by atoms with Gasteiger partial charge in [0.05, 0.1) is 16.5 Å². The third-order valence-electron chi connectivity index (χ3n) is 9.76. The van der Waals surface area contributed by atoms with Crippen molar-refractivity contribution >= 4 is 40.4 Å². The van der Waals surface area contributed by atoms with Crippen LogP contribution in [0.2, 0.25) is 0 Å². The number of carbonyl (C=O) groups is 2. The lowest BCUT2D eigenvalue weighted by atomic mass is 9.92. The number of hydrogen-bond donors (Lipinski definition) is 1. The SMILES string of the molecule is CN(C)C1CCN(c2c(F)cccc2[C@@H]2S[C@@H](CC(=O)N3CCC(n4c(=O)[nH]c5ncccc54)CC3)C(=O)N2CCC(C)(C)C)C1.[HH]. The molecule has 3 aromatic rings. The number of aromatic nitrogens is 3. The number of carbonyl (C=O) groups excluding carboxylic acids is 2. The number of nitrogens with one attached hydrogen (secondary N) is 1. The molecule has 0 radical (unpaired) electrons. The number of H-pyrrole nitrogens is 1. The molecular formula is C34H48FN7O3S. The fourth-order valence-corrected chi connectivity index (χ4v) is 8.56. The maximum atomic E-state index is 15.6. The monoisotopic (exact) mass is 653 g/mol. The average Bonchev–Trinajstić information content (AvgIpc) is 3.71. The van der Waals surface area contributed by atoms with Crippen molar-refractivity contribution in [3.8, 4) is 0 Å². The number of likely N-dealkylation sites (N-methyl/N-ethyl adjacent to an activating group) is 1. The molecule has 3 fully saturated rings. The van der Waals surface area contributed by atoms with Crippen LogP contribution in [-0.4, -0.2) is 99.2 Å². The van der Waals surface area contributed by atoms with E-state index in [1.54, 1.807) is 16.8 Å². The molecule has 3 aliphatic heterocycles. The van der Waals surface area contributed by atoms with Gasteiger partial charge in [-0.2, -0.15) is 0 Å². The topological polar surface area (TPSA) is 97.8 Å². The Morgan fingerprint density at radius 3 is 2.57 bits per heavy atom. The van der Waals surface area contributed by atoms with E-state index in [0.29, 0.717) is 49.9 Å². The van der Waals surface area contributed by atoms with Crippen LogP contribution in [0, 0.1) is 11.2 Å². The fraction of sp³-hybridized carbons (Fsp3) is 0.588. The van der Waals surface area contributed by atoms with Crippen molar-refractivity contribution in [3.05, 3.63) is 58.4 Å². The van der Waals surface area contributed by atoms with Gasteiger partial charge in [0.15, 0.2) is 5.65 Å². The summed E-state index contributed by atoms with van der Waals surface area (Å²) in [5.41, 5.74) is 2.55. The van der Waals surface area contributed by atoms with Gasteiger partial charge in [-0.05, 0) is 63.4 Å². The van der Waals surface area contributed by atoms with Crippen molar-refractivity contribution in [2.75, 3.05) is 51.7 Å². The summed E-state index contributed by atoms with van der Waals surface area (Å²) in [6, 6.07) is 9.20. The highest BCUT2D eigenvalue weighted by atomic mass is 32.2. The molecule has 12 heteroatoms. The van der Waals surface area contributed by atoms with Crippen LogP contribution in [0.3, 0.4) is 0 Å². The van der Waals surface area contributed by atoms with Gasteiger partial charge < -0.3 is 19.6 Å². The van der Waals surface area contributed by atoms with Crippen LogP contribution < -0.4 is 10.6 Å². The van der Waals surface area contributed by atoms with Crippen molar-refractivity contribution in [2.24, 2.45) is 5.41 Å². The highest BCUT2D eigenvalue weighted by Crippen LogP contribution is 2.48. The van der Waals surface area contributed by atoms with Gasteiger partial charge in [0.25, 0.3) is 0 Å². The van der Waals surface area contributed by atoms with Crippen LogP contribution in [0.4, 0.5) is 10.1 Å². The first kappa shape index (κ1) is 32.6. The van der Waals surface area contributed by atoms with Crippen molar-refractivity contribution in [2.45, 2.75) is 75.6 Å². The van der Waals surface area contributed by atoms with Crippen molar-refractivity contribution in [3.63, 3.8) is 0 Å². The molecule has 2 amide bonds. The zero-order valence-corrected chi connectivity index (χ0v) is 28.4. The standard InChI is InChI=1S/C34H46FN7O3S.H2/c1-34(2,3)14-19-41-31(44)27(46-32(41)24-8-6-9-25(35)29(24)40-18-13-23(21-40)38(4)5)20-28(43)39-16-11-22(12-17-39)42-26-10-7-15-36-30(26)37-33(42)45;/h6-10,15,22-23,27,32H,11-14,16-21H2,1-5H3,(H,36,37,45);1H/t23?,27-,32-;/m0./s1. The van der Waals surface area contributed by atoms with E-state index in [0.717, 1.165) is 37.0 Å². The van der Waals surface area contributed by atoms with E-state index in [2.05, 4.69) is 54.6 Å². The molecule has 3 aliphatic rings. The average molecular weight is 654 g/mol. The van der Waals surface area contributed by atoms with Crippen LogP contribution in [-0.2, 0) is 9.59 Å². The highest BCUT2D eigenvalue weighted by molar-refractivity contribution is 8.01. The molecule has 5 heterocycles. The molecule has 0 spiro atoms. The molecule has 1 aromatic carbocycles. The lowest BCUT2D eigenvalue weighted by molar-refractivity contribution is -0.136. The molecule has 0 saturated carbocycles. The molecule has 1 unspecified atom stereocenters. The molecule has 0 bridgehead atoms. The second-order valence-corrected chi connectivity index (χ2v) is 15.6. The van der Waals surface area contributed by atoms with Gasteiger partial charge in [-0.25, -0.2) is 14.2 Å². The van der Waals surface area contributed by atoms with E-state index in [9.17, 15) is 14.4 Å². The van der Waals surface area contributed by atoms with Crippen LogP contribution in [0.15, 0.2) is 41.3 Å². The number of rotatable bonds is 8. The highest BCUT2D eigenvalue weighted by Gasteiger charge is 2.44. The van der Waals surface area contributed by atoms with Crippen molar-refractivity contribution < 1.29 is 15.4 Å². The summed E-state index contributed by atoms with van der Waals surface area (Å²) in [4.78, 5) is 55.5. The summed E-state index contributed by atoms with van der Waals surface area (Å²) in [6.07, 6.45) is 4.80. The Kier molecular flexibility index (Phi) is 9.22. The Balaban J connectivity index is 0.00000433. The molecule has 1 N–H and O–H groups in total. The quantitative estimate of drug-likeness (QED) is 0.370. The van der Waals surface area contributed by atoms with Gasteiger partial charge in [-0.15, -0.1) is 11.8 Å². The number of amides is 2. The minimum absolute atomic E-state index is 0. The Bertz CT molecular complexity index is 1650. The molecule has 10 nitrogen and oxygen atoms in total. The number of nitrogens with zero attached hydrogens (tertiary/aromatic N) is 6. The second kappa shape index (κ2) is 13.0. The number of hydrogen-bond acceptors (Lipinski definition) is 7. The van der Waals surface area contributed by atoms with Crippen LogP contribution in [0.25, 0.3) is 11.2 Å². The maximum Gasteiger partial charge on any atom is 0.327 e. The number of imidazole rings is 1. The molecular weight excluding hydrogens is 605 g/mol. The smallest absolute Gasteiger partial charge is 0.327 e. The Morgan fingerprint density at radius 2 is 1.87 bits per heavy atom. The maximum absolute atomic E-state index is 15.6. The molecule has 0 aliphatic carbocycles. The van der Waals surface area contributed by atoms with Crippen LogP contribution in [0.5, 0.6) is 0 Å². The molecule has 3 atom stereocenters. The summed E-state index contributed by atoms with van der Waals surface area (Å²) in [6.45, 7) is 9.52. The van der Waals surface area contributed by atoms with Gasteiger partial charge in [-0.1, -0.05) is 32.9 Å². The van der Waals surface area contributed by atoms with Gasteiger partial charge in [0.1, 0.15) is 11.2 Å². The summed E-state index contributed by atoms with van der Waals surface area (Å²) in [7, 11) is 4.11. The number of thioether (sulfide) groups is 1.